The SMILES string of the molecule is Cc1nc(-c2ccsc2)ccc1C(=O)N1CCC(F)(C(=O)O)C1. The third-order valence-corrected chi connectivity index (χ3v) is 4.71. The molecule has 1 aliphatic heterocycles. The zero-order valence-electron chi connectivity index (χ0n) is 12.5. The summed E-state index contributed by atoms with van der Waals surface area (Å²) in [5, 5.41) is 12.8. The first-order chi connectivity index (χ1) is 10.9. The van der Waals surface area contributed by atoms with Gasteiger partial charge in [0.15, 0.2) is 0 Å². The number of hydrogen-bond acceptors (Lipinski definition) is 4. The van der Waals surface area contributed by atoms with Crippen LogP contribution in [0.25, 0.3) is 11.3 Å². The van der Waals surface area contributed by atoms with Crippen molar-refractivity contribution in [1.82, 2.24) is 9.88 Å². The Morgan fingerprint density at radius 3 is 2.74 bits per heavy atom. The van der Waals surface area contributed by atoms with Gasteiger partial charge in [0.25, 0.3) is 5.91 Å². The van der Waals surface area contributed by atoms with E-state index in [4.69, 9.17) is 5.11 Å². The average molecular weight is 334 g/mol. The molecule has 3 heterocycles. The van der Waals surface area contributed by atoms with Crippen LogP contribution in [0.15, 0.2) is 29.0 Å². The van der Waals surface area contributed by atoms with E-state index in [0.29, 0.717) is 11.3 Å². The lowest BCUT2D eigenvalue weighted by atomic mass is 10.1. The topological polar surface area (TPSA) is 70.5 Å². The van der Waals surface area contributed by atoms with Gasteiger partial charge in [-0.3, -0.25) is 9.78 Å². The molecule has 1 N–H and O–H groups in total. The Balaban J connectivity index is 1.82. The Morgan fingerprint density at radius 2 is 2.17 bits per heavy atom. The molecule has 23 heavy (non-hydrogen) atoms. The lowest BCUT2D eigenvalue weighted by Gasteiger charge is -2.18. The largest absolute Gasteiger partial charge is 0.479 e. The highest BCUT2D eigenvalue weighted by Crippen LogP contribution is 2.28. The number of thiophene rings is 1. The number of carboxylic acids is 1. The van der Waals surface area contributed by atoms with E-state index < -0.39 is 18.2 Å². The van der Waals surface area contributed by atoms with Gasteiger partial charge in [0.05, 0.1) is 23.5 Å². The van der Waals surface area contributed by atoms with E-state index in [-0.39, 0.29) is 18.9 Å². The highest BCUT2D eigenvalue weighted by molar-refractivity contribution is 7.08. The standard InChI is InChI=1S/C16H15FN2O3S/c1-10-12(2-3-13(18-10)11-4-7-23-8-11)14(20)19-6-5-16(17,9-19)15(21)22/h2-4,7-8H,5-6,9H2,1H3,(H,21,22). The summed E-state index contributed by atoms with van der Waals surface area (Å²) >= 11 is 1.56. The van der Waals surface area contributed by atoms with Crippen LogP contribution in [0.5, 0.6) is 0 Å². The summed E-state index contributed by atoms with van der Waals surface area (Å²) in [7, 11) is 0. The predicted octanol–water partition coefficient (Wildman–Crippen LogP) is 2.76. The van der Waals surface area contributed by atoms with Crippen LogP contribution < -0.4 is 0 Å². The van der Waals surface area contributed by atoms with Crippen molar-refractivity contribution in [3.63, 3.8) is 0 Å². The van der Waals surface area contributed by atoms with Crippen LogP contribution in [0.2, 0.25) is 0 Å². The van der Waals surface area contributed by atoms with E-state index in [9.17, 15) is 14.0 Å². The van der Waals surface area contributed by atoms with E-state index >= 15 is 0 Å². The van der Waals surface area contributed by atoms with Gasteiger partial charge in [-0.15, -0.1) is 0 Å². The first-order valence-corrected chi connectivity index (χ1v) is 8.07. The molecule has 1 amide bonds. The van der Waals surface area contributed by atoms with Crippen molar-refractivity contribution in [1.29, 1.82) is 0 Å². The molecule has 7 heteroatoms. The van der Waals surface area contributed by atoms with Crippen LogP contribution in [0.3, 0.4) is 0 Å². The number of rotatable bonds is 3. The highest BCUT2D eigenvalue weighted by atomic mass is 32.1. The third-order valence-electron chi connectivity index (χ3n) is 4.02. The van der Waals surface area contributed by atoms with Crippen LogP contribution in [0.4, 0.5) is 4.39 Å². The van der Waals surface area contributed by atoms with Crippen LogP contribution >= 0.6 is 11.3 Å². The van der Waals surface area contributed by atoms with Crippen molar-refractivity contribution in [2.75, 3.05) is 13.1 Å². The molecule has 1 unspecified atom stereocenters. The molecule has 1 atom stereocenters. The predicted molar refractivity (Wildman–Crippen MR) is 84.3 cm³/mol. The number of alkyl halides is 1. The third kappa shape index (κ3) is 2.84. The Kier molecular flexibility index (Phi) is 3.89. The molecule has 1 aliphatic rings. The van der Waals surface area contributed by atoms with E-state index in [1.165, 1.54) is 4.90 Å². The maximum absolute atomic E-state index is 14.1. The Hall–Kier alpha value is -2.28. The molecule has 3 rings (SSSR count). The summed E-state index contributed by atoms with van der Waals surface area (Å²) in [6, 6.07) is 5.35. The first kappa shape index (κ1) is 15.6. The van der Waals surface area contributed by atoms with Crippen molar-refractivity contribution in [2.45, 2.75) is 19.0 Å². The van der Waals surface area contributed by atoms with Crippen LogP contribution in [-0.4, -0.2) is 45.6 Å². The van der Waals surface area contributed by atoms with Crippen molar-refractivity contribution in [2.24, 2.45) is 0 Å². The Bertz CT molecular complexity index is 763. The normalized spacial score (nSPS) is 20.7. The summed E-state index contributed by atoms with van der Waals surface area (Å²) in [6.07, 6.45) is -0.187. The molecule has 1 fully saturated rings. The van der Waals surface area contributed by atoms with E-state index in [1.807, 2.05) is 16.8 Å². The van der Waals surface area contributed by atoms with Gasteiger partial charge in [-0.25, -0.2) is 9.18 Å². The molecule has 1 saturated heterocycles. The average Bonchev–Trinajstić information content (AvgIpc) is 3.16. The lowest BCUT2D eigenvalue weighted by molar-refractivity contribution is -0.149. The number of hydrogen-bond donors (Lipinski definition) is 1. The zero-order valence-corrected chi connectivity index (χ0v) is 13.3. The van der Waals surface area contributed by atoms with Gasteiger partial charge in [0.1, 0.15) is 0 Å². The number of aliphatic carboxylic acids is 1. The number of nitrogens with zero attached hydrogens (tertiary/aromatic N) is 2. The molecule has 0 spiro atoms. The van der Waals surface area contributed by atoms with Gasteiger partial charge >= 0.3 is 5.97 Å². The maximum Gasteiger partial charge on any atom is 0.343 e. The molecular weight excluding hydrogens is 319 g/mol. The number of likely N-dealkylation sites (tertiary alicyclic amines) is 1. The number of aromatic nitrogens is 1. The lowest BCUT2D eigenvalue weighted by Crippen LogP contribution is -2.39. The first-order valence-electron chi connectivity index (χ1n) is 7.12. The van der Waals surface area contributed by atoms with Crippen molar-refractivity contribution in [3.05, 3.63) is 40.2 Å². The monoisotopic (exact) mass is 334 g/mol. The molecule has 0 saturated carbocycles. The van der Waals surface area contributed by atoms with E-state index in [0.717, 1.165) is 11.3 Å². The summed E-state index contributed by atoms with van der Waals surface area (Å²) in [6.45, 7) is 1.39. The fraction of sp³-hybridized carbons (Fsp3) is 0.312. The molecule has 0 aliphatic carbocycles. The molecular formula is C16H15FN2O3S. The molecule has 2 aromatic rings. The van der Waals surface area contributed by atoms with Crippen molar-refractivity contribution >= 4 is 23.2 Å². The van der Waals surface area contributed by atoms with Gasteiger partial charge < -0.3 is 10.0 Å². The fourth-order valence-corrected chi connectivity index (χ4v) is 3.30. The van der Waals surface area contributed by atoms with E-state index in [2.05, 4.69) is 4.98 Å². The number of aryl methyl sites for hydroxylation is 1. The summed E-state index contributed by atoms with van der Waals surface area (Å²) < 4.78 is 14.1. The number of halogens is 1. The second-order valence-electron chi connectivity index (χ2n) is 5.59. The Morgan fingerprint density at radius 1 is 1.39 bits per heavy atom. The zero-order chi connectivity index (χ0) is 16.6. The van der Waals surface area contributed by atoms with Gasteiger partial charge in [0, 0.05) is 23.9 Å². The minimum absolute atomic E-state index is 0.0906. The van der Waals surface area contributed by atoms with Gasteiger partial charge in [-0.1, -0.05) is 0 Å². The van der Waals surface area contributed by atoms with Crippen LogP contribution in [0.1, 0.15) is 22.5 Å². The minimum atomic E-state index is -2.35. The number of carbonyl (C=O) groups is 2. The van der Waals surface area contributed by atoms with Crippen LogP contribution in [-0.2, 0) is 4.79 Å². The number of carboxylic acid groups (broad SMARTS) is 1. The number of amides is 1. The molecule has 5 nitrogen and oxygen atoms in total. The van der Waals surface area contributed by atoms with Gasteiger partial charge in [0.2, 0.25) is 5.67 Å². The highest BCUT2D eigenvalue weighted by Gasteiger charge is 2.47. The quantitative estimate of drug-likeness (QED) is 0.937. The summed E-state index contributed by atoms with van der Waals surface area (Å²) in [4.78, 5) is 29.1. The smallest absolute Gasteiger partial charge is 0.343 e. The van der Waals surface area contributed by atoms with E-state index in [1.54, 1.807) is 30.4 Å². The maximum atomic E-state index is 14.1. The fourth-order valence-electron chi connectivity index (χ4n) is 2.65. The van der Waals surface area contributed by atoms with Gasteiger partial charge in [-0.05, 0) is 30.5 Å². The molecule has 0 radical (unpaired) electrons. The minimum Gasteiger partial charge on any atom is -0.479 e. The Labute approximate surface area is 136 Å². The molecule has 0 bridgehead atoms. The van der Waals surface area contributed by atoms with Crippen molar-refractivity contribution < 1.29 is 19.1 Å². The summed E-state index contributed by atoms with van der Waals surface area (Å²) in [5.41, 5.74) is 0.316. The second kappa shape index (κ2) is 5.73. The molecule has 0 aromatic carbocycles. The second-order valence-corrected chi connectivity index (χ2v) is 6.37. The number of carbonyl (C=O) groups excluding carboxylic acids is 1. The number of pyridine rings is 1. The molecule has 2 aromatic heterocycles. The molecule has 120 valence electrons. The van der Waals surface area contributed by atoms with Crippen molar-refractivity contribution in [3.8, 4) is 11.3 Å². The summed E-state index contributed by atoms with van der Waals surface area (Å²) in [5.74, 6) is -1.90. The van der Waals surface area contributed by atoms with Crippen LogP contribution in [0, 0.1) is 6.92 Å². The van der Waals surface area contributed by atoms with Gasteiger partial charge in [-0.2, -0.15) is 11.3 Å².